The molecule has 246 valence electrons. The highest BCUT2D eigenvalue weighted by Crippen LogP contribution is 2.41. The molecule has 0 N–H and O–H groups in total. The molecular weight excluding hydrogens is 653 g/mol. The van der Waals surface area contributed by atoms with Gasteiger partial charge in [-0.2, -0.15) is 0 Å². The quantitative estimate of drug-likeness (QED) is 0.181. The lowest BCUT2D eigenvalue weighted by molar-refractivity contribution is 1.06. The normalized spacial score (nSPS) is 11.7. The summed E-state index contributed by atoms with van der Waals surface area (Å²) in [6.07, 6.45) is 0. The van der Waals surface area contributed by atoms with Crippen LogP contribution in [0.2, 0.25) is 0 Å². The molecule has 4 nitrogen and oxygen atoms in total. The summed E-state index contributed by atoms with van der Waals surface area (Å²) in [5.74, 6) is 1.91. The molecule has 0 amide bonds. The molecule has 0 bridgehead atoms. The second-order valence-corrected chi connectivity index (χ2v) is 14.5. The number of thiophene rings is 1. The summed E-state index contributed by atoms with van der Waals surface area (Å²) >= 11 is 1.84. The molecule has 0 aliphatic heterocycles. The van der Waals surface area contributed by atoms with Crippen LogP contribution in [-0.2, 0) is 0 Å². The Bertz CT molecular complexity index is 2860. The zero-order valence-corrected chi connectivity index (χ0v) is 29.5. The molecule has 0 aliphatic rings. The number of hydrogen-bond acceptors (Lipinski definition) is 4. The van der Waals surface area contributed by atoms with Gasteiger partial charge in [0, 0.05) is 47.6 Å². The third-order valence-corrected chi connectivity index (χ3v) is 11.1. The first-order chi connectivity index (χ1) is 25.6. The van der Waals surface area contributed by atoms with E-state index in [1.165, 1.54) is 42.1 Å². The van der Waals surface area contributed by atoms with E-state index in [9.17, 15) is 0 Å². The number of aromatic nitrogens is 4. The summed E-state index contributed by atoms with van der Waals surface area (Å²) in [5, 5.41) is 5.00. The van der Waals surface area contributed by atoms with Crippen molar-refractivity contribution in [1.29, 1.82) is 0 Å². The van der Waals surface area contributed by atoms with Crippen molar-refractivity contribution in [3.05, 3.63) is 169 Å². The molecule has 0 unspecified atom stereocenters. The zero-order valence-electron chi connectivity index (χ0n) is 28.7. The van der Waals surface area contributed by atoms with Gasteiger partial charge in [0.1, 0.15) is 0 Å². The molecule has 7 aromatic carbocycles. The van der Waals surface area contributed by atoms with Crippen molar-refractivity contribution in [2.24, 2.45) is 0 Å². The highest BCUT2D eigenvalue weighted by Gasteiger charge is 2.21. The first-order valence-corrected chi connectivity index (χ1v) is 18.3. The van der Waals surface area contributed by atoms with Gasteiger partial charge in [-0.05, 0) is 78.6 Å². The van der Waals surface area contributed by atoms with Crippen molar-refractivity contribution in [2.45, 2.75) is 13.8 Å². The molecule has 0 aliphatic carbocycles. The van der Waals surface area contributed by atoms with E-state index in [-0.39, 0.29) is 0 Å². The predicted molar refractivity (Wildman–Crippen MR) is 218 cm³/mol. The van der Waals surface area contributed by atoms with E-state index in [0.29, 0.717) is 17.5 Å². The molecule has 10 aromatic rings. The predicted octanol–water partition coefficient (Wildman–Crippen LogP) is 12.6. The first kappa shape index (κ1) is 30.4. The Labute approximate surface area is 305 Å². The van der Waals surface area contributed by atoms with Gasteiger partial charge in [0.2, 0.25) is 0 Å². The first-order valence-electron chi connectivity index (χ1n) is 17.5. The number of benzene rings is 7. The van der Waals surface area contributed by atoms with Crippen LogP contribution in [0.3, 0.4) is 0 Å². The SMILES string of the molecule is Cc1ccc2c3ccc(C)cc3n(-c3ccc(-c4ccc5sc6ccccc6c5c4)cc3-c3nc(-c4ccccc4)nc(-c4ccccc4)n3)c2c1. The standard InChI is InChI=1S/C47H32N4S/c1-29-17-21-35-36-22-18-30(2)26-42(36)51(41(35)25-29)40-23-19-33(34-20-24-44-38(27-34)37-15-9-10-16-43(37)52-44)28-39(40)47-49-45(31-11-5-3-6-12-31)48-46(50-47)32-13-7-4-8-14-32/h3-28H,1-2H3. The van der Waals surface area contributed by atoms with Gasteiger partial charge in [-0.1, -0.05) is 115 Å². The maximum absolute atomic E-state index is 5.25. The highest BCUT2D eigenvalue weighted by molar-refractivity contribution is 7.25. The van der Waals surface area contributed by atoms with E-state index in [0.717, 1.165) is 44.5 Å². The molecule has 0 radical (unpaired) electrons. The molecule has 0 atom stereocenters. The number of fused-ring (bicyclic) bond motifs is 6. The summed E-state index contributed by atoms with van der Waals surface area (Å²) in [7, 11) is 0. The van der Waals surface area contributed by atoms with Crippen molar-refractivity contribution < 1.29 is 0 Å². The number of aryl methyl sites for hydroxylation is 2. The molecule has 5 heteroatoms. The average Bonchev–Trinajstić information content (AvgIpc) is 3.72. The summed E-state index contributed by atoms with van der Waals surface area (Å²) in [4.78, 5) is 15.5. The Morgan fingerprint density at radius 2 is 0.942 bits per heavy atom. The fourth-order valence-corrected chi connectivity index (χ4v) is 8.51. The summed E-state index contributed by atoms with van der Waals surface area (Å²) in [6.45, 7) is 4.32. The third kappa shape index (κ3) is 5.09. The molecule has 0 spiro atoms. The van der Waals surface area contributed by atoms with E-state index in [2.05, 4.69) is 140 Å². The maximum atomic E-state index is 5.25. The van der Waals surface area contributed by atoms with Crippen molar-refractivity contribution >= 4 is 53.3 Å². The molecule has 52 heavy (non-hydrogen) atoms. The topological polar surface area (TPSA) is 43.6 Å². The van der Waals surface area contributed by atoms with E-state index in [4.69, 9.17) is 15.0 Å². The van der Waals surface area contributed by atoms with Crippen molar-refractivity contribution in [2.75, 3.05) is 0 Å². The van der Waals surface area contributed by atoms with E-state index in [1.54, 1.807) is 0 Å². The lowest BCUT2D eigenvalue weighted by atomic mass is 9.99. The minimum Gasteiger partial charge on any atom is -0.308 e. The van der Waals surface area contributed by atoms with Crippen LogP contribution in [0.5, 0.6) is 0 Å². The van der Waals surface area contributed by atoms with Crippen LogP contribution in [0.4, 0.5) is 0 Å². The summed E-state index contributed by atoms with van der Waals surface area (Å²) in [6, 6.07) is 56.1. The van der Waals surface area contributed by atoms with Crippen molar-refractivity contribution in [1.82, 2.24) is 19.5 Å². The summed E-state index contributed by atoms with van der Waals surface area (Å²) < 4.78 is 4.98. The number of hydrogen-bond donors (Lipinski definition) is 0. The molecule has 0 saturated carbocycles. The lowest BCUT2D eigenvalue weighted by Gasteiger charge is -2.17. The van der Waals surface area contributed by atoms with Gasteiger partial charge in [-0.3, -0.25) is 0 Å². The lowest BCUT2D eigenvalue weighted by Crippen LogP contribution is -2.04. The van der Waals surface area contributed by atoms with E-state index in [1.807, 2.05) is 47.7 Å². The molecule has 0 fully saturated rings. The molecular formula is C47H32N4S. The Kier molecular flexibility index (Phi) is 7.08. The second-order valence-electron chi connectivity index (χ2n) is 13.5. The van der Waals surface area contributed by atoms with Gasteiger partial charge in [0.25, 0.3) is 0 Å². The number of nitrogens with zero attached hydrogens (tertiary/aromatic N) is 4. The van der Waals surface area contributed by atoms with Gasteiger partial charge in [-0.25, -0.2) is 15.0 Å². The third-order valence-electron chi connectivity index (χ3n) is 9.97. The summed E-state index contributed by atoms with van der Waals surface area (Å²) in [5.41, 5.74) is 10.8. The minimum atomic E-state index is 0.627. The van der Waals surface area contributed by atoms with Crippen LogP contribution < -0.4 is 0 Å². The Hall–Kier alpha value is -6.43. The largest absolute Gasteiger partial charge is 0.308 e. The number of rotatable bonds is 5. The molecule has 3 heterocycles. The van der Waals surface area contributed by atoms with Crippen LogP contribution in [0.1, 0.15) is 11.1 Å². The maximum Gasteiger partial charge on any atom is 0.166 e. The van der Waals surface area contributed by atoms with Gasteiger partial charge in [0.05, 0.1) is 16.7 Å². The van der Waals surface area contributed by atoms with Gasteiger partial charge < -0.3 is 4.57 Å². The van der Waals surface area contributed by atoms with Crippen LogP contribution in [0.25, 0.3) is 93.0 Å². The molecule has 0 saturated heterocycles. The second kappa shape index (κ2) is 12.1. The van der Waals surface area contributed by atoms with Gasteiger partial charge >= 0.3 is 0 Å². The fourth-order valence-electron chi connectivity index (χ4n) is 7.42. The van der Waals surface area contributed by atoms with Crippen molar-refractivity contribution in [3.8, 4) is 51.0 Å². The van der Waals surface area contributed by atoms with E-state index >= 15 is 0 Å². The van der Waals surface area contributed by atoms with E-state index < -0.39 is 0 Å². The molecule has 3 aromatic heterocycles. The smallest absolute Gasteiger partial charge is 0.166 e. The molecule has 10 rings (SSSR count). The minimum absolute atomic E-state index is 0.627. The van der Waals surface area contributed by atoms with Crippen LogP contribution >= 0.6 is 11.3 Å². The van der Waals surface area contributed by atoms with Gasteiger partial charge in [0.15, 0.2) is 17.5 Å². The van der Waals surface area contributed by atoms with Crippen molar-refractivity contribution in [3.63, 3.8) is 0 Å². The Balaban J connectivity index is 1.29. The van der Waals surface area contributed by atoms with Crippen LogP contribution in [0.15, 0.2) is 158 Å². The fraction of sp³-hybridized carbons (Fsp3) is 0.0426. The van der Waals surface area contributed by atoms with Crippen LogP contribution in [0, 0.1) is 13.8 Å². The van der Waals surface area contributed by atoms with Gasteiger partial charge in [-0.15, -0.1) is 11.3 Å². The van der Waals surface area contributed by atoms with Crippen LogP contribution in [-0.4, -0.2) is 19.5 Å². The Morgan fingerprint density at radius 1 is 0.404 bits per heavy atom. The highest BCUT2D eigenvalue weighted by atomic mass is 32.1. The average molecular weight is 685 g/mol. The Morgan fingerprint density at radius 3 is 1.60 bits per heavy atom. The zero-order chi connectivity index (χ0) is 34.8. The monoisotopic (exact) mass is 684 g/mol.